The highest BCUT2D eigenvalue weighted by atomic mass is 16.6. The molecule has 2 heterocycles. The maximum absolute atomic E-state index is 13.3. The number of carbonyl (C=O) groups is 3. The Bertz CT molecular complexity index is 852. The standard InChI is InChI=1S/C22H28O8/c1-10-12-6-13(24)15-21(7-12,17(10)25)19(27)30-14-4-5-20(3,8-28-11(2)23)16-18(26)29-9-22(14,15)16/h12-16,18,24,26H,1,4-9H2,2-3H3/t12-,13-,14-,15-,16-,18-,20+,21+,22+/m1/s1. The summed E-state index contributed by atoms with van der Waals surface area (Å²) in [5.41, 5.74) is -2.71. The molecule has 0 amide bonds. The van der Waals surface area contributed by atoms with Gasteiger partial charge in [0.05, 0.1) is 19.3 Å². The summed E-state index contributed by atoms with van der Waals surface area (Å²) in [6.07, 6.45) is -1.02. The molecule has 8 heteroatoms. The second-order valence-corrected chi connectivity index (χ2v) is 10.2. The molecule has 0 aromatic heterocycles. The number of ether oxygens (including phenoxy) is 3. The van der Waals surface area contributed by atoms with E-state index in [1.54, 1.807) is 0 Å². The first kappa shape index (κ1) is 20.2. The van der Waals surface area contributed by atoms with Gasteiger partial charge in [-0.15, -0.1) is 0 Å². The molecule has 8 nitrogen and oxygen atoms in total. The second-order valence-electron chi connectivity index (χ2n) is 10.2. The van der Waals surface area contributed by atoms with Gasteiger partial charge in [0, 0.05) is 29.6 Å². The van der Waals surface area contributed by atoms with Crippen molar-refractivity contribution in [2.24, 2.45) is 34.0 Å². The molecule has 5 rings (SSSR count). The Kier molecular flexibility index (Phi) is 4.13. The molecule has 30 heavy (non-hydrogen) atoms. The highest BCUT2D eigenvalue weighted by Crippen LogP contribution is 2.71. The van der Waals surface area contributed by atoms with Crippen LogP contribution < -0.4 is 0 Å². The number of Topliss-reactive ketones (excluding diaryl/α,β-unsaturated/α-hetero) is 1. The van der Waals surface area contributed by atoms with E-state index in [1.165, 1.54) is 6.92 Å². The van der Waals surface area contributed by atoms with Gasteiger partial charge in [0.25, 0.3) is 0 Å². The van der Waals surface area contributed by atoms with E-state index in [0.717, 1.165) is 0 Å². The quantitative estimate of drug-likeness (QED) is 0.381. The summed E-state index contributed by atoms with van der Waals surface area (Å²) >= 11 is 0. The summed E-state index contributed by atoms with van der Waals surface area (Å²) in [7, 11) is 0. The van der Waals surface area contributed by atoms with Crippen molar-refractivity contribution in [3.05, 3.63) is 12.2 Å². The van der Waals surface area contributed by atoms with Crippen molar-refractivity contribution in [3.63, 3.8) is 0 Å². The van der Waals surface area contributed by atoms with Gasteiger partial charge in [-0.25, -0.2) is 0 Å². The van der Waals surface area contributed by atoms with Gasteiger partial charge in [0.1, 0.15) is 11.5 Å². The minimum absolute atomic E-state index is 0.0698. The van der Waals surface area contributed by atoms with Gasteiger partial charge in [0.15, 0.2) is 12.1 Å². The lowest BCUT2D eigenvalue weighted by Gasteiger charge is -2.62. The average molecular weight is 420 g/mol. The maximum Gasteiger partial charge on any atom is 0.320 e. The summed E-state index contributed by atoms with van der Waals surface area (Å²) in [6.45, 7) is 7.31. The van der Waals surface area contributed by atoms with E-state index >= 15 is 0 Å². The van der Waals surface area contributed by atoms with Crippen LogP contribution >= 0.6 is 0 Å². The Balaban J connectivity index is 1.66. The number of ketones is 1. The number of esters is 2. The Morgan fingerprint density at radius 2 is 2.03 bits per heavy atom. The molecular formula is C22H28O8. The lowest BCUT2D eigenvalue weighted by Crippen LogP contribution is -2.71. The van der Waals surface area contributed by atoms with Gasteiger partial charge >= 0.3 is 11.9 Å². The fraction of sp³-hybridized carbons (Fsp3) is 0.773. The second kappa shape index (κ2) is 6.14. The van der Waals surface area contributed by atoms with Crippen LogP contribution in [0.15, 0.2) is 12.2 Å². The summed E-state index contributed by atoms with van der Waals surface area (Å²) < 4.78 is 17.0. The molecule has 3 saturated carbocycles. The molecule has 2 spiro atoms. The Morgan fingerprint density at radius 3 is 2.73 bits per heavy atom. The third kappa shape index (κ3) is 2.19. The number of fused-ring (bicyclic) bond motifs is 1. The van der Waals surface area contributed by atoms with Crippen molar-refractivity contribution >= 4 is 17.7 Å². The van der Waals surface area contributed by atoms with Crippen molar-refractivity contribution in [3.8, 4) is 0 Å². The van der Waals surface area contributed by atoms with Gasteiger partial charge < -0.3 is 24.4 Å². The molecule has 0 unspecified atom stereocenters. The van der Waals surface area contributed by atoms with Crippen molar-refractivity contribution in [1.82, 2.24) is 0 Å². The average Bonchev–Trinajstić information content (AvgIpc) is 3.13. The van der Waals surface area contributed by atoms with E-state index in [0.29, 0.717) is 24.8 Å². The van der Waals surface area contributed by atoms with Gasteiger partial charge in [-0.05, 0) is 37.2 Å². The van der Waals surface area contributed by atoms with Crippen molar-refractivity contribution in [1.29, 1.82) is 0 Å². The first-order valence-electron chi connectivity index (χ1n) is 10.6. The fourth-order valence-electron chi connectivity index (χ4n) is 7.61. The first-order valence-corrected chi connectivity index (χ1v) is 10.6. The Morgan fingerprint density at radius 1 is 1.30 bits per heavy atom. The van der Waals surface area contributed by atoms with Gasteiger partial charge in [-0.3, -0.25) is 14.4 Å². The SMILES string of the molecule is C=C1C(=O)[C@]23C[C@H]1C[C@@H](O)[C@H]2[C@@]12CO[C@@H](O)[C@@H]1[C@](C)(COC(C)=O)CC[C@H]2OC3=O. The van der Waals surface area contributed by atoms with Crippen LogP contribution in [0.4, 0.5) is 0 Å². The predicted molar refractivity (Wildman–Crippen MR) is 101 cm³/mol. The van der Waals surface area contributed by atoms with Crippen LogP contribution in [0, 0.1) is 34.0 Å². The van der Waals surface area contributed by atoms with Crippen molar-refractivity contribution in [2.45, 2.75) is 58.0 Å². The predicted octanol–water partition coefficient (Wildman–Crippen LogP) is 0.739. The lowest BCUT2D eigenvalue weighted by atomic mass is 9.43. The molecule has 2 saturated heterocycles. The third-order valence-corrected chi connectivity index (χ3v) is 8.69. The van der Waals surface area contributed by atoms with Crippen LogP contribution in [-0.2, 0) is 28.6 Å². The largest absolute Gasteiger partial charge is 0.465 e. The summed E-state index contributed by atoms with van der Waals surface area (Å²) in [4.78, 5) is 38.1. The molecule has 2 bridgehead atoms. The number of allylic oxidation sites excluding steroid dienone is 1. The van der Waals surface area contributed by atoms with Crippen LogP contribution in [-0.4, -0.2) is 59.6 Å². The Labute approximate surface area is 174 Å². The molecule has 3 aliphatic carbocycles. The summed E-state index contributed by atoms with van der Waals surface area (Å²) in [5.74, 6) is -2.90. The molecule has 2 N–H and O–H groups in total. The van der Waals surface area contributed by atoms with E-state index in [-0.39, 0.29) is 31.3 Å². The molecule has 5 aliphatic rings. The van der Waals surface area contributed by atoms with E-state index < -0.39 is 58.5 Å². The zero-order chi connectivity index (χ0) is 21.6. The normalized spacial score (nSPS) is 51.7. The fourth-order valence-corrected chi connectivity index (χ4v) is 7.61. The number of carbonyl (C=O) groups excluding carboxylic acids is 3. The van der Waals surface area contributed by atoms with Crippen LogP contribution in [0.2, 0.25) is 0 Å². The minimum Gasteiger partial charge on any atom is -0.465 e. The smallest absolute Gasteiger partial charge is 0.320 e. The van der Waals surface area contributed by atoms with Crippen LogP contribution in [0.3, 0.4) is 0 Å². The third-order valence-electron chi connectivity index (χ3n) is 8.69. The van der Waals surface area contributed by atoms with Crippen molar-refractivity contribution < 1.29 is 38.8 Å². The zero-order valence-electron chi connectivity index (χ0n) is 17.3. The molecule has 0 aromatic rings. The summed E-state index contributed by atoms with van der Waals surface area (Å²) in [6, 6.07) is 0. The number of hydrogen-bond acceptors (Lipinski definition) is 8. The van der Waals surface area contributed by atoms with E-state index in [1.807, 2.05) is 6.92 Å². The number of hydrogen-bond donors (Lipinski definition) is 2. The lowest BCUT2D eigenvalue weighted by molar-refractivity contribution is -0.256. The van der Waals surface area contributed by atoms with E-state index in [2.05, 4.69) is 6.58 Å². The van der Waals surface area contributed by atoms with E-state index in [9.17, 15) is 24.6 Å². The highest BCUT2D eigenvalue weighted by molar-refractivity contribution is 6.15. The monoisotopic (exact) mass is 420 g/mol. The molecule has 0 aromatic carbocycles. The van der Waals surface area contributed by atoms with E-state index in [4.69, 9.17) is 14.2 Å². The molecule has 0 radical (unpaired) electrons. The molecule has 5 fully saturated rings. The number of rotatable bonds is 2. The summed E-state index contributed by atoms with van der Waals surface area (Å²) in [5, 5.41) is 22.2. The molecule has 9 atom stereocenters. The topological polar surface area (TPSA) is 119 Å². The van der Waals surface area contributed by atoms with Gasteiger partial charge in [-0.1, -0.05) is 13.5 Å². The number of aliphatic hydroxyl groups excluding tert-OH is 2. The maximum atomic E-state index is 13.3. The van der Waals surface area contributed by atoms with Gasteiger partial charge in [-0.2, -0.15) is 0 Å². The van der Waals surface area contributed by atoms with Crippen LogP contribution in [0.25, 0.3) is 0 Å². The minimum atomic E-state index is -1.48. The first-order chi connectivity index (χ1) is 14.1. The van der Waals surface area contributed by atoms with Crippen LogP contribution in [0.5, 0.6) is 0 Å². The molecule has 164 valence electrons. The zero-order valence-corrected chi connectivity index (χ0v) is 17.3. The van der Waals surface area contributed by atoms with Crippen LogP contribution in [0.1, 0.15) is 39.5 Å². The van der Waals surface area contributed by atoms with Crippen molar-refractivity contribution in [2.75, 3.05) is 13.2 Å². The number of aliphatic hydroxyl groups is 2. The molecular weight excluding hydrogens is 392 g/mol. The van der Waals surface area contributed by atoms with Gasteiger partial charge in [0.2, 0.25) is 0 Å². The highest BCUT2D eigenvalue weighted by Gasteiger charge is 2.79. The Hall–Kier alpha value is -1.77. The molecule has 2 aliphatic heterocycles.